The van der Waals surface area contributed by atoms with Crippen molar-refractivity contribution in [2.75, 3.05) is 20.1 Å². The maximum atomic E-state index is 11.7. The third-order valence-electron chi connectivity index (χ3n) is 3.02. The van der Waals surface area contributed by atoms with E-state index in [9.17, 15) is 9.59 Å². The number of amides is 2. The summed E-state index contributed by atoms with van der Waals surface area (Å²) in [5.74, 6) is 0.228. The van der Waals surface area contributed by atoms with E-state index in [4.69, 9.17) is 20.6 Å². The zero-order valence-corrected chi connectivity index (χ0v) is 14.0. The van der Waals surface area contributed by atoms with Gasteiger partial charge in [-0.1, -0.05) is 25.5 Å². The molecule has 0 fully saturated rings. The van der Waals surface area contributed by atoms with Gasteiger partial charge in [0.05, 0.1) is 6.54 Å². The van der Waals surface area contributed by atoms with Gasteiger partial charge < -0.3 is 25.4 Å². The van der Waals surface area contributed by atoms with Crippen LogP contribution in [-0.2, 0) is 11.3 Å². The first kappa shape index (κ1) is 19.3. The molecule has 0 saturated heterocycles. The van der Waals surface area contributed by atoms with E-state index in [1.54, 1.807) is 24.3 Å². The number of carbonyl (C=O) groups is 2. The third-order valence-corrected chi connectivity index (χ3v) is 3.02. The van der Waals surface area contributed by atoms with Gasteiger partial charge in [-0.15, -0.1) is 0 Å². The van der Waals surface area contributed by atoms with E-state index in [1.165, 1.54) is 11.9 Å². The number of nitrogens with one attached hydrogen (secondary N) is 2. The Morgan fingerprint density at radius 3 is 2.54 bits per heavy atom. The van der Waals surface area contributed by atoms with Crippen molar-refractivity contribution >= 4 is 18.0 Å². The molecule has 1 aromatic rings. The molecule has 0 aliphatic carbocycles. The Hall–Kier alpha value is -2.77. The van der Waals surface area contributed by atoms with Gasteiger partial charge in [0.25, 0.3) is 0 Å². The van der Waals surface area contributed by atoms with E-state index in [0.717, 1.165) is 18.4 Å². The van der Waals surface area contributed by atoms with Crippen molar-refractivity contribution in [1.29, 1.82) is 5.41 Å². The molecular weight excluding hydrogens is 312 g/mol. The standard InChI is InChI=1S/C16H24N4O4/c1-3-4-9-19-15(21)23-11-12-5-7-13(8-6-12)24-16(22)20(2)10-14(17)18/h5-8H,3-4,9-11H2,1-2H3,(H3,17,18)(H,19,21). The van der Waals surface area contributed by atoms with E-state index in [0.29, 0.717) is 12.3 Å². The highest BCUT2D eigenvalue weighted by Gasteiger charge is 2.12. The number of rotatable bonds is 8. The van der Waals surface area contributed by atoms with E-state index in [1.807, 2.05) is 6.92 Å². The highest BCUT2D eigenvalue weighted by molar-refractivity contribution is 5.83. The van der Waals surface area contributed by atoms with Gasteiger partial charge >= 0.3 is 12.2 Å². The summed E-state index contributed by atoms with van der Waals surface area (Å²) < 4.78 is 10.2. The van der Waals surface area contributed by atoms with E-state index in [-0.39, 0.29) is 19.0 Å². The number of hydrogen-bond acceptors (Lipinski definition) is 5. The van der Waals surface area contributed by atoms with E-state index >= 15 is 0 Å². The molecule has 0 heterocycles. The summed E-state index contributed by atoms with van der Waals surface area (Å²) in [4.78, 5) is 24.4. The minimum atomic E-state index is -0.607. The second-order valence-corrected chi connectivity index (χ2v) is 5.25. The van der Waals surface area contributed by atoms with Gasteiger partial charge in [-0.2, -0.15) is 0 Å². The molecule has 0 saturated carbocycles. The smallest absolute Gasteiger partial charge is 0.415 e. The van der Waals surface area contributed by atoms with Crippen molar-refractivity contribution < 1.29 is 19.1 Å². The lowest BCUT2D eigenvalue weighted by Gasteiger charge is -2.15. The van der Waals surface area contributed by atoms with Crippen molar-refractivity contribution in [2.45, 2.75) is 26.4 Å². The Balaban J connectivity index is 2.41. The van der Waals surface area contributed by atoms with Crippen LogP contribution in [0.15, 0.2) is 24.3 Å². The number of likely N-dealkylation sites (N-methyl/N-ethyl adjacent to an activating group) is 1. The van der Waals surface area contributed by atoms with Gasteiger partial charge in [0.2, 0.25) is 0 Å². The first-order chi connectivity index (χ1) is 11.4. The summed E-state index contributed by atoms with van der Waals surface area (Å²) in [6.07, 6.45) is 0.851. The number of nitrogens with zero attached hydrogens (tertiary/aromatic N) is 1. The molecule has 8 nitrogen and oxygen atoms in total. The van der Waals surface area contributed by atoms with Crippen LogP contribution < -0.4 is 15.8 Å². The summed E-state index contributed by atoms with van der Waals surface area (Å²) in [7, 11) is 1.49. The molecule has 1 aromatic carbocycles. The molecule has 0 atom stereocenters. The maximum Gasteiger partial charge on any atom is 0.415 e. The van der Waals surface area contributed by atoms with E-state index in [2.05, 4.69) is 5.32 Å². The fraction of sp³-hybridized carbons (Fsp3) is 0.438. The molecule has 132 valence electrons. The summed E-state index contributed by atoms with van der Waals surface area (Å²) in [6.45, 7) is 2.77. The molecule has 0 bridgehead atoms. The van der Waals surface area contributed by atoms with Gasteiger partial charge in [-0.3, -0.25) is 5.41 Å². The highest BCUT2D eigenvalue weighted by atomic mass is 16.6. The zero-order valence-electron chi connectivity index (χ0n) is 14.0. The van der Waals surface area contributed by atoms with Crippen LogP contribution in [0.4, 0.5) is 9.59 Å². The Morgan fingerprint density at radius 2 is 1.96 bits per heavy atom. The predicted molar refractivity (Wildman–Crippen MR) is 90.1 cm³/mol. The summed E-state index contributed by atoms with van der Waals surface area (Å²) in [6, 6.07) is 6.61. The van der Waals surface area contributed by atoms with Gasteiger partial charge in [0.15, 0.2) is 0 Å². The number of nitrogens with two attached hydrogens (primary N) is 1. The average molecular weight is 336 g/mol. The van der Waals surface area contributed by atoms with Gasteiger partial charge in [0.1, 0.15) is 18.2 Å². The first-order valence-corrected chi connectivity index (χ1v) is 7.67. The largest absolute Gasteiger partial charge is 0.445 e. The molecule has 2 amide bonds. The summed E-state index contributed by atoms with van der Waals surface area (Å²) in [5.41, 5.74) is 6.00. The molecule has 0 aliphatic heterocycles. The molecule has 24 heavy (non-hydrogen) atoms. The fourth-order valence-electron chi connectivity index (χ4n) is 1.72. The average Bonchev–Trinajstić information content (AvgIpc) is 2.53. The van der Waals surface area contributed by atoms with Crippen molar-refractivity contribution in [3.63, 3.8) is 0 Å². The fourth-order valence-corrected chi connectivity index (χ4v) is 1.72. The van der Waals surface area contributed by atoms with Crippen molar-refractivity contribution in [3.05, 3.63) is 29.8 Å². The topological polar surface area (TPSA) is 118 Å². The van der Waals surface area contributed by atoms with Crippen LogP contribution in [-0.4, -0.2) is 43.1 Å². The second kappa shape index (κ2) is 10.1. The maximum absolute atomic E-state index is 11.7. The minimum Gasteiger partial charge on any atom is -0.445 e. The van der Waals surface area contributed by atoms with Gasteiger partial charge in [-0.05, 0) is 24.1 Å². The van der Waals surface area contributed by atoms with E-state index < -0.39 is 12.2 Å². The van der Waals surface area contributed by atoms with Gasteiger partial charge in [0, 0.05) is 13.6 Å². The third kappa shape index (κ3) is 7.48. The van der Waals surface area contributed by atoms with Crippen LogP contribution in [0.25, 0.3) is 0 Å². The Bertz CT molecular complexity index is 560. The molecule has 0 radical (unpaired) electrons. The molecule has 4 N–H and O–H groups in total. The SMILES string of the molecule is CCCCNC(=O)OCc1ccc(OC(=O)N(C)CC(=N)N)cc1. The number of unbranched alkanes of at least 4 members (excludes halogenated alkanes) is 1. The Labute approximate surface area is 141 Å². The molecule has 0 aliphatic rings. The van der Waals surface area contributed by atoms with Crippen LogP contribution in [0.3, 0.4) is 0 Å². The number of hydrogen-bond donors (Lipinski definition) is 3. The Morgan fingerprint density at radius 1 is 1.29 bits per heavy atom. The highest BCUT2D eigenvalue weighted by Crippen LogP contribution is 2.14. The van der Waals surface area contributed by atoms with Crippen LogP contribution in [0, 0.1) is 5.41 Å². The lowest BCUT2D eigenvalue weighted by molar-refractivity contribution is 0.139. The number of ether oxygens (including phenoxy) is 2. The summed E-state index contributed by atoms with van der Waals surface area (Å²) in [5, 5.41) is 9.80. The zero-order chi connectivity index (χ0) is 17.9. The van der Waals surface area contributed by atoms with Crippen LogP contribution in [0.5, 0.6) is 5.75 Å². The minimum absolute atomic E-state index is 0.00208. The number of benzene rings is 1. The monoisotopic (exact) mass is 336 g/mol. The number of alkyl carbamates (subject to hydrolysis) is 1. The molecular formula is C16H24N4O4. The predicted octanol–water partition coefficient (Wildman–Crippen LogP) is 2.08. The van der Waals surface area contributed by atoms with Crippen molar-refractivity contribution in [3.8, 4) is 5.75 Å². The van der Waals surface area contributed by atoms with Crippen molar-refractivity contribution in [1.82, 2.24) is 10.2 Å². The van der Waals surface area contributed by atoms with Crippen molar-refractivity contribution in [2.24, 2.45) is 5.73 Å². The molecule has 8 heteroatoms. The normalized spacial score (nSPS) is 9.92. The molecule has 1 rings (SSSR count). The summed E-state index contributed by atoms with van der Waals surface area (Å²) >= 11 is 0. The Kier molecular flexibility index (Phi) is 8.10. The molecule has 0 unspecified atom stereocenters. The van der Waals surface area contributed by atoms with Crippen LogP contribution >= 0.6 is 0 Å². The van der Waals surface area contributed by atoms with Crippen LogP contribution in [0.1, 0.15) is 25.3 Å². The second-order valence-electron chi connectivity index (χ2n) is 5.25. The lowest BCUT2D eigenvalue weighted by Crippen LogP contribution is -2.36. The molecule has 0 aromatic heterocycles. The lowest BCUT2D eigenvalue weighted by atomic mass is 10.2. The van der Waals surface area contributed by atoms with Crippen LogP contribution in [0.2, 0.25) is 0 Å². The number of carbonyl (C=O) groups excluding carboxylic acids is 2. The quantitative estimate of drug-likeness (QED) is 0.381. The molecule has 0 spiro atoms. The van der Waals surface area contributed by atoms with Gasteiger partial charge in [-0.25, -0.2) is 9.59 Å². The first-order valence-electron chi connectivity index (χ1n) is 7.67. The number of amidine groups is 1.